The number of hydrogen-bond acceptors (Lipinski definition) is 7. The van der Waals surface area contributed by atoms with E-state index in [1.165, 1.54) is 18.2 Å². The maximum Gasteiger partial charge on any atom is 0.308 e. The van der Waals surface area contributed by atoms with Crippen LogP contribution >= 0.6 is 0 Å². The molecule has 0 radical (unpaired) electrons. The van der Waals surface area contributed by atoms with Gasteiger partial charge in [-0.25, -0.2) is 8.42 Å². The van der Waals surface area contributed by atoms with Crippen molar-refractivity contribution in [1.82, 2.24) is 4.90 Å². The van der Waals surface area contributed by atoms with E-state index in [9.17, 15) is 31.5 Å². The van der Waals surface area contributed by atoms with Crippen LogP contribution in [0, 0.1) is 11.8 Å². The number of carbonyl (C=O) groups excluding carboxylic acids is 1. The average molecular weight is 541 g/mol. The molecule has 1 heterocycles. The molecule has 1 aliphatic heterocycles. The van der Waals surface area contributed by atoms with Crippen molar-refractivity contribution in [3.8, 4) is 0 Å². The van der Waals surface area contributed by atoms with Gasteiger partial charge in [0.25, 0.3) is 10.0 Å². The van der Waals surface area contributed by atoms with E-state index in [1.807, 2.05) is 0 Å². The summed E-state index contributed by atoms with van der Waals surface area (Å²) in [5.41, 5.74) is 0.268. The van der Waals surface area contributed by atoms with Crippen LogP contribution in [-0.2, 0) is 29.6 Å². The number of sulfonamides is 2. The molecule has 0 saturated heterocycles. The smallest absolute Gasteiger partial charge is 0.308 e. The first-order valence-corrected chi connectivity index (χ1v) is 15.5. The number of nitrogens with zero attached hydrogens (tertiary/aromatic N) is 2. The summed E-state index contributed by atoms with van der Waals surface area (Å²) >= 11 is 0. The van der Waals surface area contributed by atoms with Gasteiger partial charge in [-0.2, -0.15) is 8.42 Å². The number of aliphatic carboxylic acids is 1. The normalized spacial score (nSPS) is 23.4. The van der Waals surface area contributed by atoms with Crippen LogP contribution < -0.4 is 10.0 Å². The minimum Gasteiger partial charge on any atom is -0.481 e. The standard InChI is InChI=1S/C23H32N4O7S2/c1-35(31,32)25-16-9-10-18-20(13-16)36(33,34)26-21(24-18)14-22(28)27(12-11-15-7-8-15)19-6-4-2-3-5-17(19)23(29)30/h9-10,13,15,17,19,25H,2-8,11-12,14H2,1H3,(H,24,26)(H,29,30). The Labute approximate surface area is 211 Å². The molecule has 11 nitrogen and oxygen atoms in total. The highest BCUT2D eigenvalue weighted by Gasteiger charge is 2.37. The molecular weight excluding hydrogens is 508 g/mol. The molecule has 0 spiro atoms. The summed E-state index contributed by atoms with van der Waals surface area (Å²) in [7, 11) is -7.79. The Hall–Kier alpha value is -2.67. The second-order valence-electron chi connectivity index (χ2n) is 9.87. The first-order chi connectivity index (χ1) is 16.9. The number of hydrogen-bond donors (Lipinski definition) is 3. The second-order valence-corrected chi connectivity index (χ2v) is 13.2. The van der Waals surface area contributed by atoms with E-state index in [1.54, 1.807) is 4.90 Å². The van der Waals surface area contributed by atoms with Crippen LogP contribution in [0.2, 0.25) is 0 Å². The first-order valence-electron chi connectivity index (χ1n) is 12.2. The Morgan fingerprint density at radius 1 is 1.17 bits per heavy atom. The maximum atomic E-state index is 13.5. The van der Waals surface area contributed by atoms with Crippen LogP contribution in [-0.4, -0.2) is 63.4 Å². The lowest BCUT2D eigenvalue weighted by Crippen LogP contribution is -2.48. The molecular formula is C23H32N4O7S2. The number of carbonyl (C=O) groups is 2. The minimum atomic E-state index is -4.19. The van der Waals surface area contributed by atoms with Crippen molar-refractivity contribution in [3.05, 3.63) is 18.2 Å². The van der Waals surface area contributed by atoms with Gasteiger partial charge in [0.15, 0.2) is 0 Å². The molecule has 0 aromatic heterocycles. The fraction of sp³-hybridized carbons (Fsp3) is 0.609. The first kappa shape index (κ1) is 26.4. The number of amidine groups is 1. The quantitative estimate of drug-likeness (QED) is 0.403. The summed E-state index contributed by atoms with van der Waals surface area (Å²) in [6, 6.07) is 3.56. The van der Waals surface area contributed by atoms with Crippen LogP contribution in [0.25, 0.3) is 0 Å². The van der Waals surface area contributed by atoms with Gasteiger partial charge in [-0.3, -0.25) is 14.3 Å². The van der Waals surface area contributed by atoms with E-state index in [-0.39, 0.29) is 34.4 Å². The molecule has 36 heavy (non-hydrogen) atoms. The Morgan fingerprint density at radius 3 is 2.56 bits per heavy atom. The molecule has 2 atom stereocenters. The number of amides is 1. The van der Waals surface area contributed by atoms with Gasteiger partial charge >= 0.3 is 5.97 Å². The lowest BCUT2D eigenvalue weighted by Gasteiger charge is -2.35. The zero-order valence-electron chi connectivity index (χ0n) is 20.1. The number of benzene rings is 1. The molecule has 1 amide bonds. The topological polar surface area (TPSA) is 162 Å². The number of carboxylic acid groups (broad SMARTS) is 1. The van der Waals surface area contributed by atoms with Gasteiger partial charge in [0, 0.05) is 18.3 Å². The molecule has 2 aliphatic carbocycles. The molecule has 2 saturated carbocycles. The number of fused-ring (bicyclic) bond motifs is 1. The van der Waals surface area contributed by atoms with Crippen molar-refractivity contribution in [2.75, 3.05) is 22.8 Å². The van der Waals surface area contributed by atoms with Gasteiger partial charge in [0.1, 0.15) is 10.7 Å². The number of anilines is 2. The molecule has 1 aromatic carbocycles. The summed E-state index contributed by atoms with van der Waals surface area (Å²) in [6.07, 6.45) is 7.33. The van der Waals surface area contributed by atoms with E-state index in [0.29, 0.717) is 25.3 Å². The van der Waals surface area contributed by atoms with E-state index in [0.717, 1.165) is 44.8 Å². The van der Waals surface area contributed by atoms with E-state index in [2.05, 4.69) is 14.4 Å². The van der Waals surface area contributed by atoms with Crippen LogP contribution in [0.3, 0.4) is 0 Å². The van der Waals surface area contributed by atoms with Gasteiger partial charge in [0.05, 0.1) is 24.3 Å². The summed E-state index contributed by atoms with van der Waals surface area (Å²) in [5, 5.41) is 12.7. The lowest BCUT2D eigenvalue weighted by molar-refractivity contribution is -0.147. The van der Waals surface area contributed by atoms with E-state index < -0.39 is 38.0 Å². The van der Waals surface area contributed by atoms with Crippen LogP contribution in [0.5, 0.6) is 0 Å². The summed E-state index contributed by atoms with van der Waals surface area (Å²) in [5.74, 6) is -1.42. The SMILES string of the molecule is CS(=O)(=O)Nc1ccc2c(c1)S(=O)(=O)N=C(CC(=O)N(CCC1CC1)C1CCCCCC1C(=O)O)N2. The van der Waals surface area contributed by atoms with Crippen LogP contribution in [0.15, 0.2) is 27.5 Å². The number of rotatable bonds is 9. The van der Waals surface area contributed by atoms with E-state index in [4.69, 9.17) is 0 Å². The molecule has 2 unspecified atom stereocenters. The highest BCUT2D eigenvalue weighted by atomic mass is 32.2. The fourth-order valence-electron chi connectivity index (χ4n) is 4.96. The average Bonchev–Trinajstić information content (AvgIpc) is 3.60. The predicted octanol–water partition coefficient (Wildman–Crippen LogP) is 2.62. The fourth-order valence-corrected chi connectivity index (χ4v) is 6.69. The summed E-state index contributed by atoms with van der Waals surface area (Å²) in [6.45, 7) is 0.440. The zero-order valence-corrected chi connectivity index (χ0v) is 21.8. The number of nitrogens with one attached hydrogen (secondary N) is 2. The van der Waals surface area contributed by atoms with Crippen molar-refractivity contribution >= 4 is 49.1 Å². The predicted molar refractivity (Wildman–Crippen MR) is 135 cm³/mol. The monoisotopic (exact) mass is 540 g/mol. The third-order valence-corrected chi connectivity index (χ3v) is 8.84. The molecule has 3 aliphatic rings. The molecule has 1 aromatic rings. The van der Waals surface area contributed by atoms with Gasteiger partial charge in [-0.05, 0) is 43.4 Å². The maximum absolute atomic E-state index is 13.5. The molecule has 13 heteroatoms. The molecule has 2 fully saturated rings. The Morgan fingerprint density at radius 2 is 1.89 bits per heavy atom. The lowest BCUT2D eigenvalue weighted by atomic mass is 9.92. The van der Waals surface area contributed by atoms with Gasteiger partial charge in [-0.15, -0.1) is 4.40 Å². The van der Waals surface area contributed by atoms with Gasteiger partial charge in [0.2, 0.25) is 15.9 Å². The number of carboxylic acids is 1. The van der Waals surface area contributed by atoms with Crippen molar-refractivity contribution < 1.29 is 31.5 Å². The molecule has 198 valence electrons. The minimum absolute atomic E-state index is 0.0479. The molecule has 0 bridgehead atoms. The Kier molecular flexibility index (Phi) is 7.60. The third kappa shape index (κ3) is 6.55. The summed E-state index contributed by atoms with van der Waals surface area (Å²) in [4.78, 5) is 27.0. The van der Waals surface area contributed by atoms with E-state index >= 15 is 0 Å². The van der Waals surface area contributed by atoms with Crippen LogP contribution in [0.1, 0.15) is 57.8 Å². The summed E-state index contributed by atoms with van der Waals surface area (Å²) < 4.78 is 54.7. The van der Waals surface area contributed by atoms with Crippen molar-refractivity contribution in [2.24, 2.45) is 16.2 Å². The van der Waals surface area contributed by atoms with Crippen molar-refractivity contribution in [1.29, 1.82) is 0 Å². The third-order valence-electron chi connectivity index (χ3n) is 6.88. The molecule has 3 N–H and O–H groups in total. The van der Waals surface area contributed by atoms with Crippen LogP contribution in [0.4, 0.5) is 11.4 Å². The Balaban J connectivity index is 1.56. The largest absolute Gasteiger partial charge is 0.481 e. The second kappa shape index (κ2) is 10.4. The van der Waals surface area contributed by atoms with Gasteiger partial charge < -0.3 is 15.3 Å². The molecule has 4 rings (SSSR count). The van der Waals surface area contributed by atoms with Crippen molar-refractivity contribution in [3.63, 3.8) is 0 Å². The highest BCUT2D eigenvalue weighted by Crippen LogP contribution is 2.35. The Bertz CT molecular complexity index is 1270. The van der Waals surface area contributed by atoms with Crippen molar-refractivity contribution in [2.45, 2.75) is 68.7 Å². The van der Waals surface area contributed by atoms with Gasteiger partial charge in [-0.1, -0.05) is 32.1 Å². The zero-order chi connectivity index (χ0) is 26.1. The highest BCUT2D eigenvalue weighted by molar-refractivity contribution is 7.92.